The minimum Gasteiger partial charge on any atom is -0.486 e. The lowest BCUT2D eigenvalue weighted by Gasteiger charge is -2.38. The van der Waals surface area contributed by atoms with Crippen LogP contribution < -0.4 is 4.74 Å². The van der Waals surface area contributed by atoms with E-state index in [9.17, 15) is 9.59 Å². The molecule has 2 heterocycles. The van der Waals surface area contributed by atoms with Crippen molar-refractivity contribution in [1.29, 1.82) is 0 Å². The SMILES string of the molecule is CCC(=O)N1CCc2ccc(OCc3ccc(C(=O)N(C)Cc4ccccc4)o3)cc2[C@@H]1c1cccc(C)c1. The monoisotopic (exact) mass is 522 g/mol. The van der Waals surface area contributed by atoms with Gasteiger partial charge >= 0.3 is 0 Å². The molecular formula is C33H34N2O4. The average molecular weight is 523 g/mol. The second kappa shape index (κ2) is 11.6. The van der Waals surface area contributed by atoms with E-state index in [1.807, 2.05) is 60.4 Å². The summed E-state index contributed by atoms with van der Waals surface area (Å²) < 4.78 is 12.0. The van der Waals surface area contributed by atoms with Crippen LogP contribution in [0.25, 0.3) is 0 Å². The highest BCUT2D eigenvalue weighted by Crippen LogP contribution is 2.38. The van der Waals surface area contributed by atoms with Crippen molar-refractivity contribution in [2.24, 2.45) is 0 Å². The lowest BCUT2D eigenvalue weighted by atomic mass is 9.87. The van der Waals surface area contributed by atoms with Gasteiger partial charge in [0.15, 0.2) is 5.76 Å². The zero-order valence-corrected chi connectivity index (χ0v) is 22.7. The van der Waals surface area contributed by atoms with Gasteiger partial charge in [-0.2, -0.15) is 0 Å². The molecular weight excluding hydrogens is 488 g/mol. The van der Waals surface area contributed by atoms with Crippen LogP contribution >= 0.6 is 0 Å². The molecule has 1 atom stereocenters. The van der Waals surface area contributed by atoms with Crippen molar-refractivity contribution in [1.82, 2.24) is 9.80 Å². The number of aryl methyl sites for hydroxylation is 1. The Morgan fingerprint density at radius 2 is 1.82 bits per heavy atom. The maximum absolute atomic E-state index is 12.9. The number of carbonyl (C=O) groups excluding carboxylic acids is 2. The number of rotatable bonds is 8. The smallest absolute Gasteiger partial charge is 0.289 e. The van der Waals surface area contributed by atoms with Gasteiger partial charge in [-0.05, 0) is 59.9 Å². The van der Waals surface area contributed by atoms with Crippen molar-refractivity contribution >= 4 is 11.8 Å². The topological polar surface area (TPSA) is 63.0 Å². The first-order chi connectivity index (χ1) is 18.9. The van der Waals surface area contributed by atoms with E-state index in [1.54, 1.807) is 24.1 Å². The fourth-order valence-electron chi connectivity index (χ4n) is 5.20. The van der Waals surface area contributed by atoms with E-state index >= 15 is 0 Å². The van der Waals surface area contributed by atoms with Crippen LogP contribution in [0.2, 0.25) is 0 Å². The van der Waals surface area contributed by atoms with E-state index in [4.69, 9.17) is 9.15 Å². The third-order valence-corrected chi connectivity index (χ3v) is 7.19. The van der Waals surface area contributed by atoms with Gasteiger partial charge in [0.2, 0.25) is 5.91 Å². The summed E-state index contributed by atoms with van der Waals surface area (Å²) in [5.41, 5.74) is 5.63. The Kier molecular flexibility index (Phi) is 7.82. The zero-order chi connectivity index (χ0) is 27.4. The van der Waals surface area contributed by atoms with E-state index in [2.05, 4.69) is 31.2 Å². The third-order valence-electron chi connectivity index (χ3n) is 7.19. The van der Waals surface area contributed by atoms with Crippen LogP contribution in [0.15, 0.2) is 89.3 Å². The molecule has 0 fully saturated rings. The van der Waals surface area contributed by atoms with Crippen LogP contribution in [0.4, 0.5) is 0 Å². The largest absolute Gasteiger partial charge is 0.486 e. The normalized spacial score (nSPS) is 14.5. The molecule has 39 heavy (non-hydrogen) atoms. The summed E-state index contributed by atoms with van der Waals surface area (Å²) in [5.74, 6) is 1.51. The molecule has 200 valence electrons. The Labute approximate surface area is 229 Å². The van der Waals surface area contributed by atoms with Crippen LogP contribution in [0.1, 0.15) is 63.5 Å². The van der Waals surface area contributed by atoms with E-state index in [0.29, 0.717) is 31.0 Å². The predicted molar refractivity (Wildman–Crippen MR) is 150 cm³/mol. The summed E-state index contributed by atoms with van der Waals surface area (Å²) in [4.78, 5) is 29.4. The van der Waals surface area contributed by atoms with E-state index < -0.39 is 0 Å². The number of hydrogen-bond acceptors (Lipinski definition) is 4. The number of fused-ring (bicyclic) bond motifs is 1. The summed E-state index contributed by atoms with van der Waals surface area (Å²) in [6.45, 7) is 5.37. The molecule has 0 saturated heterocycles. The van der Waals surface area contributed by atoms with Gasteiger partial charge in [0.25, 0.3) is 5.91 Å². The summed E-state index contributed by atoms with van der Waals surface area (Å²) >= 11 is 0. The molecule has 2 amide bonds. The molecule has 4 aromatic rings. The van der Waals surface area contributed by atoms with Gasteiger partial charge in [0, 0.05) is 26.6 Å². The predicted octanol–water partition coefficient (Wildman–Crippen LogP) is 6.32. The molecule has 1 aliphatic heterocycles. The molecule has 0 bridgehead atoms. The summed E-state index contributed by atoms with van der Waals surface area (Å²) in [7, 11) is 1.76. The van der Waals surface area contributed by atoms with Crippen LogP contribution in [-0.2, 0) is 24.4 Å². The van der Waals surface area contributed by atoms with Gasteiger partial charge in [-0.1, -0.05) is 73.2 Å². The molecule has 0 saturated carbocycles. The lowest BCUT2D eigenvalue weighted by Crippen LogP contribution is -2.40. The number of carbonyl (C=O) groups is 2. The Balaban J connectivity index is 1.31. The van der Waals surface area contributed by atoms with Gasteiger partial charge in [-0.15, -0.1) is 0 Å². The molecule has 0 radical (unpaired) electrons. The maximum atomic E-state index is 12.9. The Morgan fingerprint density at radius 1 is 1.00 bits per heavy atom. The minimum atomic E-state index is -0.180. The van der Waals surface area contributed by atoms with Gasteiger partial charge in [0.05, 0.1) is 6.04 Å². The first kappa shape index (κ1) is 26.3. The van der Waals surface area contributed by atoms with Crippen LogP contribution in [0.5, 0.6) is 5.75 Å². The van der Waals surface area contributed by atoms with Crippen molar-refractivity contribution < 1.29 is 18.7 Å². The summed E-state index contributed by atoms with van der Waals surface area (Å²) in [5, 5.41) is 0. The highest BCUT2D eigenvalue weighted by Gasteiger charge is 2.31. The highest BCUT2D eigenvalue weighted by molar-refractivity contribution is 5.91. The molecule has 1 aromatic heterocycles. The summed E-state index contributed by atoms with van der Waals surface area (Å²) in [6, 6.07) is 27.6. The Hall–Kier alpha value is -4.32. The number of ether oxygens (including phenoxy) is 1. The first-order valence-corrected chi connectivity index (χ1v) is 13.4. The quantitative estimate of drug-likeness (QED) is 0.272. The molecule has 1 aliphatic rings. The molecule has 0 spiro atoms. The molecule has 0 aliphatic carbocycles. The second-order valence-corrected chi connectivity index (χ2v) is 10.1. The number of benzene rings is 3. The zero-order valence-electron chi connectivity index (χ0n) is 22.7. The van der Waals surface area contributed by atoms with E-state index in [0.717, 1.165) is 28.7 Å². The second-order valence-electron chi connectivity index (χ2n) is 10.1. The molecule has 3 aromatic carbocycles. The summed E-state index contributed by atoms with van der Waals surface area (Å²) in [6.07, 6.45) is 1.28. The molecule has 0 N–H and O–H groups in total. The standard InChI is InChI=1S/C33H34N2O4/c1-4-31(36)35-18-17-25-13-14-27(20-29(25)32(35)26-12-8-9-23(2)19-26)38-22-28-15-16-30(39-28)33(37)34(3)21-24-10-6-5-7-11-24/h5-16,19-20,32H,4,17-18,21-22H2,1-3H3/t32-/m0/s1. The van der Waals surface area contributed by atoms with Gasteiger partial charge < -0.3 is 19.0 Å². The maximum Gasteiger partial charge on any atom is 0.289 e. The van der Waals surface area contributed by atoms with Gasteiger partial charge in [-0.25, -0.2) is 0 Å². The Bertz CT molecular complexity index is 1460. The number of nitrogens with zero attached hydrogens (tertiary/aromatic N) is 2. The van der Waals surface area contributed by atoms with Gasteiger partial charge in [-0.3, -0.25) is 9.59 Å². The van der Waals surface area contributed by atoms with Crippen molar-refractivity contribution in [3.8, 4) is 5.75 Å². The van der Waals surface area contributed by atoms with Crippen molar-refractivity contribution in [3.63, 3.8) is 0 Å². The van der Waals surface area contributed by atoms with E-state index in [-0.39, 0.29) is 30.2 Å². The molecule has 6 nitrogen and oxygen atoms in total. The third kappa shape index (κ3) is 5.90. The lowest BCUT2D eigenvalue weighted by molar-refractivity contribution is -0.132. The van der Waals surface area contributed by atoms with Crippen molar-refractivity contribution in [2.75, 3.05) is 13.6 Å². The number of hydrogen-bond donors (Lipinski definition) is 0. The minimum absolute atomic E-state index is 0.142. The fourth-order valence-corrected chi connectivity index (χ4v) is 5.20. The van der Waals surface area contributed by atoms with Crippen LogP contribution in [0, 0.1) is 6.92 Å². The van der Waals surface area contributed by atoms with Crippen LogP contribution in [0.3, 0.4) is 0 Å². The Morgan fingerprint density at radius 3 is 2.59 bits per heavy atom. The first-order valence-electron chi connectivity index (χ1n) is 13.4. The number of furan rings is 1. The highest BCUT2D eigenvalue weighted by atomic mass is 16.5. The van der Waals surface area contributed by atoms with Crippen molar-refractivity contribution in [3.05, 3.63) is 124 Å². The molecule has 6 heteroatoms. The van der Waals surface area contributed by atoms with Gasteiger partial charge in [0.1, 0.15) is 18.1 Å². The average Bonchev–Trinajstić information content (AvgIpc) is 3.44. The van der Waals surface area contributed by atoms with Crippen LogP contribution in [-0.4, -0.2) is 35.2 Å². The van der Waals surface area contributed by atoms with E-state index in [1.165, 1.54) is 5.56 Å². The fraction of sp³-hybridized carbons (Fsp3) is 0.273. The van der Waals surface area contributed by atoms with Crippen molar-refractivity contribution in [2.45, 2.75) is 45.9 Å². The molecule has 0 unspecified atom stereocenters. The molecule has 5 rings (SSSR count). The number of amides is 2.